The first-order valence-electron chi connectivity index (χ1n) is 8.87. The van der Waals surface area contributed by atoms with Crippen LogP contribution in [0.5, 0.6) is 11.8 Å². The van der Waals surface area contributed by atoms with Crippen molar-refractivity contribution >= 4 is 11.6 Å². The zero-order chi connectivity index (χ0) is 20.2. The molecule has 0 saturated carbocycles. The summed E-state index contributed by atoms with van der Waals surface area (Å²) in [4.78, 5) is 25.3. The molecule has 1 N–H and O–H groups in total. The number of aryl methyl sites for hydroxylation is 2. The second-order valence-electron chi connectivity index (χ2n) is 6.24. The summed E-state index contributed by atoms with van der Waals surface area (Å²) >= 11 is 0. The largest absolute Gasteiger partial charge is 0.424 e. The van der Waals surface area contributed by atoms with Gasteiger partial charge in [0.05, 0.1) is 17.1 Å². The first-order valence-corrected chi connectivity index (χ1v) is 8.87. The fraction of sp³-hybridized carbons (Fsp3) is 0.0952. The summed E-state index contributed by atoms with van der Waals surface area (Å²) in [5, 5.41) is 6.63. The molecule has 0 radical (unpaired) electrons. The van der Waals surface area contributed by atoms with Gasteiger partial charge in [-0.3, -0.25) is 9.78 Å². The van der Waals surface area contributed by atoms with Crippen LogP contribution in [0.15, 0.2) is 65.4 Å². The fourth-order valence-corrected chi connectivity index (χ4v) is 2.71. The van der Waals surface area contributed by atoms with E-state index in [0.29, 0.717) is 28.6 Å². The third-order valence-corrected chi connectivity index (χ3v) is 4.13. The first kappa shape index (κ1) is 18.3. The van der Waals surface area contributed by atoms with Crippen molar-refractivity contribution in [3.8, 4) is 23.1 Å². The van der Waals surface area contributed by atoms with Crippen molar-refractivity contribution < 1.29 is 14.1 Å². The van der Waals surface area contributed by atoms with Crippen LogP contribution in [0, 0.1) is 13.8 Å². The van der Waals surface area contributed by atoms with Crippen LogP contribution >= 0.6 is 0 Å². The van der Waals surface area contributed by atoms with E-state index in [1.807, 2.05) is 36.4 Å². The maximum absolute atomic E-state index is 12.6. The molecule has 4 aromatic rings. The number of pyridine rings is 1. The third kappa shape index (κ3) is 4.11. The lowest BCUT2D eigenvalue weighted by Gasteiger charge is -2.11. The normalized spacial score (nSPS) is 10.6. The van der Waals surface area contributed by atoms with E-state index < -0.39 is 5.91 Å². The quantitative estimate of drug-likeness (QED) is 0.548. The number of hydrogen-bond acceptors (Lipinski definition) is 7. The summed E-state index contributed by atoms with van der Waals surface area (Å²) in [7, 11) is 0. The van der Waals surface area contributed by atoms with Crippen molar-refractivity contribution in [2.45, 2.75) is 13.8 Å². The Kier molecular flexibility index (Phi) is 4.98. The summed E-state index contributed by atoms with van der Waals surface area (Å²) in [6.07, 6.45) is 3.29. The minimum Gasteiger partial charge on any atom is -0.424 e. The molecule has 8 heteroatoms. The Morgan fingerprint density at radius 1 is 1.03 bits per heavy atom. The van der Waals surface area contributed by atoms with Gasteiger partial charge in [-0.15, -0.1) is 0 Å². The Labute approximate surface area is 166 Å². The van der Waals surface area contributed by atoms with Crippen LogP contribution < -0.4 is 10.1 Å². The molecule has 0 aliphatic heterocycles. The van der Waals surface area contributed by atoms with E-state index in [1.54, 1.807) is 38.4 Å². The molecule has 4 rings (SSSR count). The number of ether oxygens (including phenoxy) is 1. The summed E-state index contributed by atoms with van der Waals surface area (Å²) < 4.78 is 10.9. The van der Waals surface area contributed by atoms with E-state index >= 15 is 0 Å². The first-order chi connectivity index (χ1) is 14.1. The maximum atomic E-state index is 12.6. The number of aromatic nitrogens is 4. The fourth-order valence-electron chi connectivity index (χ4n) is 2.71. The molecule has 0 spiro atoms. The van der Waals surface area contributed by atoms with Crippen LogP contribution in [0.3, 0.4) is 0 Å². The number of hydrogen-bond donors (Lipinski definition) is 1. The van der Waals surface area contributed by atoms with Crippen molar-refractivity contribution in [3.63, 3.8) is 0 Å². The summed E-state index contributed by atoms with van der Waals surface area (Å²) in [6.45, 7) is 3.54. The van der Waals surface area contributed by atoms with E-state index in [1.165, 1.54) is 0 Å². The van der Waals surface area contributed by atoms with E-state index in [9.17, 15) is 4.79 Å². The zero-order valence-electron chi connectivity index (χ0n) is 15.8. The number of anilines is 1. The van der Waals surface area contributed by atoms with Crippen LogP contribution in [0.25, 0.3) is 11.3 Å². The molecule has 0 aliphatic rings. The topological polar surface area (TPSA) is 103 Å². The van der Waals surface area contributed by atoms with Crippen molar-refractivity contribution in [2.75, 3.05) is 5.32 Å². The van der Waals surface area contributed by atoms with E-state index in [2.05, 4.69) is 25.4 Å². The minimum absolute atomic E-state index is 0.146. The number of benzene rings is 1. The van der Waals surface area contributed by atoms with Crippen molar-refractivity contribution in [1.82, 2.24) is 20.1 Å². The molecule has 3 heterocycles. The smallest absolute Gasteiger partial charge is 0.322 e. The monoisotopic (exact) mass is 387 g/mol. The molecule has 0 aliphatic carbocycles. The van der Waals surface area contributed by atoms with Gasteiger partial charge in [0.2, 0.25) is 0 Å². The van der Waals surface area contributed by atoms with Crippen molar-refractivity contribution in [3.05, 3.63) is 78.0 Å². The second-order valence-corrected chi connectivity index (χ2v) is 6.24. The number of amides is 1. The van der Waals surface area contributed by atoms with Gasteiger partial charge >= 0.3 is 6.01 Å². The highest BCUT2D eigenvalue weighted by molar-refractivity contribution is 6.03. The molecule has 0 bridgehead atoms. The highest BCUT2D eigenvalue weighted by Crippen LogP contribution is 2.24. The zero-order valence-corrected chi connectivity index (χ0v) is 15.8. The van der Waals surface area contributed by atoms with E-state index in [0.717, 1.165) is 5.56 Å². The standard InChI is InChI=1S/C21H17N5O3/c1-13-19(14(2)24-21(23-13)28-16-8-4-3-5-9-16)25-20(27)17-11-18(29-26-17)15-7-6-10-22-12-15/h3-12H,1-2H3,(H,25,27). The lowest BCUT2D eigenvalue weighted by molar-refractivity contribution is 0.101. The lowest BCUT2D eigenvalue weighted by Crippen LogP contribution is -2.15. The maximum Gasteiger partial charge on any atom is 0.322 e. The van der Waals surface area contributed by atoms with Gasteiger partial charge in [0, 0.05) is 24.0 Å². The van der Waals surface area contributed by atoms with Gasteiger partial charge in [0.1, 0.15) is 5.75 Å². The van der Waals surface area contributed by atoms with Gasteiger partial charge in [-0.25, -0.2) is 0 Å². The molecule has 3 aromatic heterocycles. The van der Waals surface area contributed by atoms with Gasteiger partial charge < -0.3 is 14.6 Å². The predicted octanol–water partition coefficient (Wildman–Crippen LogP) is 4.19. The molecule has 0 fully saturated rings. The van der Waals surface area contributed by atoms with Crippen molar-refractivity contribution in [1.29, 1.82) is 0 Å². The van der Waals surface area contributed by atoms with Crippen molar-refractivity contribution in [2.24, 2.45) is 0 Å². The van der Waals surface area contributed by atoms with E-state index in [4.69, 9.17) is 9.26 Å². The number of rotatable bonds is 5. The molecule has 8 nitrogen and oxygen atoms in total. The van der Waals surface area contributed by atoms with Gasteiger partial charge in [-0.1, -0.05) is 23.4 Å². The number of nitrogens with zero attached hydrogens (tertiary/aromatic N) is 4. The third-order valence-electron chi connectivity index (χ3n) is 4.13. The Balaban J connectivity index is 1.52. The van der Waals surface area contributed by atoms with Gasteiger partial charge in [-0.05, 0) is 38.1 Å². The number of nitrogens with one attached hydrogen (secondary N) is 1. The summed E-state index contributed by atoms with van der Waals surface area (Å²) in [6, 6.07) is 14.6. The molecule has 0 saturated heterocycles. The SMILES string of the molecule is Cc1nc(Oc2ccccc2)nc(C)c1NC(=O)c1cc(-c2cccnc2)on1. The Hall–Kier alpha value is -4.07. The predicted molar refractivity (Wildman–Crippen MR) is 106 cm³/mol. The lowest BCUT2D eigenvalue weighted by atomic mass is 10.2. The number of carbonyl (C=O) groups excluding carboxylic acids is 1. The van der Waals surface area contributed by atoms with Crippen LogP contribution in [-0.2, 0) is 0 Å². The second kappa shape index (κ2) is 7.89. The average molecular weight is 387 g/mol. The van der Waals surface area contributed by atoms with Gasteiger partial charge in [0.15, 0.2) is 11.5 Å². The van der Waals surface area contributed by atoms with Crippen LogP contribution in [0.2, 0.25) is 0 Å². The summed E-state index contributed by atoms with van der Waals surface area (Å²) in [5.41, 5.74) is 2.53. The molecule has 29 heavy (non-hydrogen) atoms. The van der Waals surface area contributed by atoms with Gasteiger partial charge in [-0.2, -0.15) is 9.97 Å². The number of carbonyl (C=O) groups is 1. The molecule has 0 unspecified atom stereocenters. The molecule has 1 amide bonds. The molecule has 1 aromatic carbocycles. The molecule has 0 atom stereocenters. The van der Waals surface area contributed by atoms with E-state index in [-0.39, 0.29) is 11.7 Å². The van der Waals surface area contributed by atoms with Crippen LogP contribution in [-0.4, -0.2) is 26.0 Å². The molecular weight excluding hydrogens is 370 g/mol. The number of para-hydroxylation sites is 1. The highest BCUT2D eigenvalue weighted by Gasteiger charge is 2.18. The van der Waals surface area contributed by atoms with Gasteiger partial charge in [0.25, 0.3) is 5.91 Å². The summed E-state index contributed by atoms with van der Waals surface area (Å²) in [5.74, 6) is 0.670. The Bertz CT molecular complexity index is 1120. The van der Waals surface area contributed by atoms with Crippen LogP contribution in [0.1, 0.15) is 21.9 Å². The molecular formula is C21H17N5O3. The minimum atomic E-state index is -0.421. The Morgan fingerprint density at radius 2 is 1.79 bits per heavy atom. The molecule has 144 valence electrons. The van der Waals surface area contributed by atoms with Crippen LogP contribution in [0.4, 0.5) is 5.69 Å². The highest BCUT2D eigenvalue weighted by atomic mass is 16.5. The Morgan fingerprint density at radius 3 is 2.48 bits per heavy atom. The average Bonchev–Trinajstić information content (AvgIpc) is 3.22.